The molecule has 6 heteroatoms. The van der Waals surface area contributed by atoms with Crippen LogP contribution in [0.2, 0.25) is 0 Å². The Hall–Kier alpha value is -2.60. The highest BCUT2D eigenvalue weighted by Crippen LogP contribution is 2.24. The van der Waals surface area contributed by atoms with Crippen molar-refractivity contribution >= 4 is 33.4 Å². The average molecular weight is 356 g/mol. The van der Waals surface area contributed by atoms with E-state index in [0.29, 0.717) is 18.7 Å². The van der Waals surface area contributed by atoms with E-state index >= 15 is 0 Å². The molecular weight excluding hydrogens is 336 g/mol. The maximum absolute atomic E-state index is 12.2. The van der Waals surface area contributed by atoms with Crippen LogP contribution in [0.5, 0.6) is 0 Å². The van der Waals surface area contributed by atoms with Crippen LogP contribution in [0.3, 0.4) is 0 Å². The van der Waals surface area contributed by atoms with Crippen LogP contribution in [-0.4, -0.2) is 33.7 Å². The summed E-state index contributed by atoms with van der Waals surface area (Å²) in [6.07, 6.45) is 3.89. The Labute approximate surface area is 148 Å². The lowest BCUT2D eigenvalue weighted by Gasteiger charge is -2.17. The number of para-hydroxylation sites is 1. The third-order valence-electron chi connectivity index (χ3n) is 4.17. The number of likely N-dealkylation sites (N-methyl/N-ethyl adjacent to an activating group) is 1. The summed E-state index contributed by atoms with van der Waals surface area (Å²) in [5.41, 5.74) is 2.34. The predicted molar refractivity (Wildman–Crippen MR) is 101 cm³/mol. The van der Waals surface area contributed by atoms with E-state index in [1.807, 2.05) is 42.5 Å². The van der Waals surface area contributed by atoms with Gasteiger partial charge in [-0.1, -0.05) is 30.3 Å². The van der Waals surface area contributed by atoms with Crippen molar-refractivity contribution in [1.82, 2.24) is 0 Å². The summed E-state index contributed by atoms with van der Waals surface area (Å²) in [6, 6.07) is 16.6. The zero-order valence-electron chi connectivity index (χ0n) is 14.0. The minimum Gasteiger partial charge on any atom is -0.312 e. The van der Waals surface area contributed by atoms with Crippen molar-refractivity contribution in [1.29, 1.82) is 0 Å². The summed E-state index contributed by atoms with van der Waals surface area (Å²) in [6.45, 7) is 0.526. The van der Waals surface area contributed by atoms with Crippen molar-refractivity contribution in [2.24, 2.45) is 0 Å². The summed E-state index contributed by atoms with van der Waals surface area (Å²) >= 11 is 0. The van der Waals surface area contributed by atoms with Crippen molar-refractivity contribution in [2.45, 2.75) is 6.42 Å². The van der Waals surface area contributed by atoms with E-state index in [9.17, 15) is 13.2 Å². The monoisotopic (exact) mass is 356 g/mol. The van der Waals surface area contributed by atoms with Gasteiger partial charge in [0.15, 0.2) is 0 Å². The molecule has 0 aromatic heterocycles. The van der Waals surface area contributed by atoms with Gasteiger partial charge in [-0.2, -0.15) is 0 Å². The molecule has 2 aromatic carbocycles. The maximum atomic E-state index is 12.2. The first-order chi connectivity index (χ1) is 12.0. The van der Waals surface area contributed by atoms with E-state index in [4.69, 9.17) is 0 Å². The van der Waals surface area contributed by atoms with Gasteiger partial charge < -0.3 is 4.90 Å². The van der Waals surface area contributed by atoms with E-state index in [0.717, 1.165) is 11.3 Å². The van der Waals surface area contributed by atoms with Gasteiger partial charge in [0.2, 0.25) is 10.0 Å². The number of carbonyl (C=O) groups is 1. The molecule has 0 saturated carbocycles. The maximum Gasteiger partial charge on any atom is 0.250 e. The lowest BCUT2D eigenvalue weighted by atomic mass is 10.2. The number of nitrogens with zero attached hydrogens (tertiary/aromatic N) is 2. The molecule has 1 heterocycles. The predicted octanol–water partition coefficient (Wildman–Crippen LogP) is 2.90. The molecule has 1 amide bonds. The SMILES string of the molecule is CN(C(=O)/C=C/c1ccc(N2CCCS2(=O)=O)cc1)c1ccccc1. The van der Waals surface area contributed by atoms with Crippen molar-refractivity contribution in [3.05, 3.63) is 66.2 Å². The summed E-state index contributed by atoms with van der Waals surface area (Å²) in [7, 11) is -1.44. The highest BCUT2D eigenvalue weighted by molar-refractivity contribution is 7.93. The molecule has 2 aromatic rings. The molecule has 0 unspecified atom stereocenters. The number of hydrogen-bond donors (Lipinski definition) is 0. The van der Waals surface area contributed by atoms with Crippen molar-refractivity contribution in [3.63, 3.8) is 0 Å². The topological polar surface area (TPSA) is 57.7 Å². The molecule has 130 valence electrons. The van der Waals surface area contributed by atoms with E-state index in [-0.39, 0.29) is 11.7 Å². The van der Waals surface area contributed by atoms with Crippen LogP contribution < -0.4 is 9.21 Å². The molecule has 1 aliphatic rings. The third-order valence-corrected chi connectivity index (χ3v) is 6.04. The summed E-state index contributed by atoms with van der Waals surface area (Å²) < 4.78 is 25.3. The molecular formula is C19H20N2O3S. The Bertz CT molecular complexity index is 875. The second-order valence-electron chi connectivity index (χ2n) is 5.90. The zero-order valence-corrected chi connectivity index (χ0v) is 14.8. The highest BCUT2D eigenvalue weighted by Gasteiger charge is 2.28. The normalized spacial score (nSPS) is 16.3. The van der Waals surface area contributed by atoms with Crippen molar-refractivity contribution in [2.75, 3.05) is 28.6 Å². The zero-order chi connectivity index (χ0) is 17.9. The molecule has 0 N–H and O–H groups in total. The van der Waals surface area contributed by atoms with Gasteiger partial charge in [0.05, 0.1) is 11.4 Å². The van der Waals surface area contributed by atoms with E-state index in [2.05, 4.69) is 0 Å². The Morgan fingerprint density at radius 2 is 1.76 bits per heavy atom. The number of hydrogen-bond acceptors (Lipinski definition) is 3. The molecule has 1 saturated heterocycles. The van der Waals surface area contributed by atoms with Gasteiger partial charge in [0.1, 0.15) is 0 Å². The molecule has 0 aliphatic carbocycles. The molecule has 1 fully saturated rings. The van der Waals surface area contributed by atoms with Crippen LogP contribution in [0.4, 0.5) is 11.4 Å². The van der Waals surface area contributed by atoms with Gasteiger partial charge in [-0.25, -0.2) is 8.42 Å². The number of carbonyl (C=O) groups excluding carboxylic acids is 1. The molecule has 1 aliphatic heterocycles. The molecule has 5 nitrogen and oxygen atoms in total. The Morgan fingerprint density at radius 3 is 2.36 bits per heavy atom. The van der Waals surface area contributed by atoms with Crippen LogP contribution in [0, 0.1) is 0 Å². The average Bonchev–Trinajstić information content (AvgIpc) is 2.99. The number of amides is 1. The number of sulfonamides is 1. The minimum atomic E-state index is -3.17. The summed E-state index contributed by atoms with van der Waals surface area (Å²) in [5.74, 6) is 0.0759. The number of benzene rings is 2. The molecule has 25 heavy (non-hydrogen) atoms. The number of anilines is 2. The van der Waals surface area contributed by atoms with Crippen LogP contribution in [0.25, 0.3) is 6.08 Å². The van der Waals surface area contributed by atoms with Gasteiger partial charge in [-0.15, -0.1) is 0 Å². The first-order valence-electron chi connectivity index (χ1n) is 8.09. The van der Waals surface area contributed by atoms with Crippen LogP contribution >= 0.6 is 0 Å². The summed E-state index contributed by atoms with van der Waals surface area (Å²) in [5, 5.41) is 0. The summed E-state index contributed by atoms with van der Waals surface area (Å²) in [4.78, 5) is 13.8. The van der Waals surface area contributed by atoms with Gasteiger partial charge in [-0.05, 0) is 42.3 Å². The highest BCUT2D eigenvalue weighted by atomic mass is 32.2. The van der Waals surface area contributed by atoms with Crippen molar-refractivity contribution < 1.29 is 13.2 Å². The Balaban J connectivity index is 1.69. The quantitative estimate of drug-likeness (QED) is 0.792. The second-order valence-corrected chi connectivity index (χ2v) is 7.91. The molecule has 0 radical (unpaired) electrons. The largest absolute Gasteiger partial charge is 0.312 e. The first kappa shape index (κ1) is 17.2. The van der Waals surface area contributed by atoms with Gasteiger partial charge in [-0.3, -0.25) is 9.10 Å². The lowest BCUT2D eigenvalue weighted by molar-refractivity contribution is -0.113. The minimum absolute atomic E-state index is 0.127. The lowest BCUT2D eigenvalue weighted by Crippen LogP contribution is -2.24. The van der Waals surface area contributed by atoms with Crippen molar-refractivity contribution in [3.8, 4) is 0 Å². The third kappa shape index (κ3) is 3.91. The van der Waals surface area contributed by atoms with Gasteiger partial charge in [0.25, 0.3) is 5.91 Å². The standard InChI is InChI=1S/C19H20N2O3S/c1-20(17-6-3-2-4-7-17)19(22)13-10-16-8-11-18(12-9-16)21-14-5-15-25(21,23)24/h2-4,6-13H,5,14-15H2,1H3/b13-10+. The van der Waals surface area contributed by atoms with Gasteiger partial charge >= 0.3 is 0 Å². The smallest absolute Gasteiger partial charge is 0.250 e. The van der Waals surface area contributed by atoms with E-state index in [1.54, 1.807) is 30.2 Å². The Morgan fingerprint density at radius 1 is 1.08 bits per heavy atom. The van der Waals surface area contributed by atoms with Gasteiger partial charge in [0, 0.05) is 25.4 Å². The first-order valence-corrected chi connectivity index (χ1v) is 9.69. The van der Waals surface area contributed by atoms with Crippen LogP contribution in [0.1, 0.15) is 12.0 Å². The molecule has 0 atom stereocenters. The van der Waals surface area contributed by atoms with Crippen LogP contribution in [0.15, 0.2) is 60.7 Å². The molecule has 0 bridgehead atoms. The fourth-order valence-corrected chi connectivity index (χ4v) is 4.30. The fourth-order valence-electron chi connectivity index (χ4n) is 2.74. The number of rotatable bonds is 4. The van der Waals surface area contributed by atoms with Crippen LogP contribution in [-0.2, 0) is 14.8 Å². The van der Waals surface area contributed by atoms with E-state index < -0.39 is 10.0 Å². The van der Waals surface area contributed by atoms with E-state index in [1.165, 1.54) is 10.4 Å². The second kappa shape index (κ2) is 7.11. The molecule has 0 spiro atoms. The Kier molecular flexibility index (Phi) is 4.90. The fraction of sp³-hybridized carbons (Fsp3) is 0.211. The molecule has 3 rings (SSSR count).